The molecule has 62 heavy (non-hydrogen) atoms. The minimum absolute atomic E-state index is 0.00954. The van der Waals surface area contributed by atoms with Gasteiger partial charge in [-0.1, -0.05) is 43.0 Å². The second kappa shape index (κ2) is 16.4. The molecular weight excluding hydrogens is 793 g/mol. The lowest BCUT2D eigenvalue weighted by Gasteiger charge is -2.41. The lowest BCUT2D eigenvalue weighted by Crippen LogP contribution is -2.60. The van der Waals surface area contributed by atoms with Crippen LogP contribution in [0, 0.1) is 12.0 Å². The van der Waals surface area contributed by atoms with Gasteiger partial charge >= 0.3 is 0 Å². The van der Waals surface area contributed by atoms with Crippen molar-refractivity contribution >= 4 is 39.4 Å². The molecule has 5 heterocycles. The third-order valence-corrected chi connectivity index (χ3v) is 13.2. The Morgan fingerprint density at radius 1 is 1.02 bits per heavy atom. The largest absolute Gasteiger partial charge is 0.506 e. The first-order valence-electron chi connectivity index (χ1n) is 21.4. The molecule has 1 amide bonds. The average molecular weight is 841 g/mol. The van der Waals surface area contributed by atoms with Crippen LogP contribution in [0.2, 0.25) is 0 Å². The molecule has 1 saturated heterocycles. The van der Waals surface area contributed by atoms with Crippen LogP contribution in [-0.4, -0.2) is 99.6 Å². The number of nitrogens with one attached hydrogen (secondary N) is 1. The van der Waals surface area contributed by atoms with Crippen LogP contribution >= 0.6 is 0 Å². The Bertz CT molecular complexity index is 2690. The number of amides is 1. The molecule has 320 valence electrons. The summed E-state index contributed by atoms with van der Waals surface area (Å²) in [5, 5.41) is 47.5. The Morgan fingerprint density at radius 2 is 1.87 bits per heavy atom. The van der Waals surface area contributed by atoms with Gasteiger partial charge in [0.15, 0.2) is 18.0 Å². The number of aliphatic hydroxyl groups excluding tert-OH is 3. The quantitative estimate of drug-likeness (QED) is 0.127. The van der Waals surface area contributed by atoms with Crippen LogP contribution in [0.5, 0.6) is 17.2 Å². The molecule has 13 nitrogen and oxygen atoms in total. The molecule has 0 unspecified atom stereocenters. The van der Waals surface area contributed by atoms with E-state index in [0.29, 0.717) is 40.7 Å². The number of aromatic hydroxyl groups is 1. The number of ketones is 1. The SMILES string of the molecule is COc1cc2cc(C3CCCC3)c3c(O)c2c2c1/C=C/[C@H](c1c[nH]c4ccc(CCCO)cc14)OC[C@H]1O[C@H](O2)[C@H](O)[C@@H](OC#CCc2cccc4c2CN(CC3=O)C4=O)[C@@H]1O. The van der Waals surface area contributed by atoms with Crippen molar-refractivity contribution in [1.82, 2.24) is 9.88 Å². The molecule has 0 radical (unpaired) electrons. The summed E-state index contributed by atoms with van der Waals surface area (Å²) >= 11 is 0. The van der Waals surface area contributed by atoms with Crippen molar-refractivity contribution in [3.05, 3.63) is 105 Å². The van der Waals surface area contributed by atoms with E-state index in [1.54, 1.807) is 24.3 Å². The van der Waals surface area contributed by atoms with Gasteiger partial charge in [-0.05, 0) is 95.6 Å². The summed E-state index contributed by atoms with van der Waals surface area (Å²) in [5.74, 6) is 2.41. The highest BCUT2D eigenvalue weighted by Gasteiger charge is 2.48. The summed E-state index contributed by atoms with van der Waals surface area (Å²) in [4.78, 5) is 33.5. The Labute approximate surface area is 357 Å². The maximum atomic E-state index is 14.8. The maximum Gasteiger partial charge on any atom is 0.254 e. The van der Waals surface area contributed by atoms with Gasteiger partial charge in [0.2, 0.25) is 6.29 Å². The first-order chi connectivity index (χ1) is 30.2. The molecule has 10 rings (SSSR count). The molecule has 1 aliphatic carbocycles. The normalized spacial score (nSPS) is 25.4. The fraction of sp³-hybridized carbons (Fsp3) is 0.388. The molecule has 6 atom stereocenters. The number of carbonyl (C=O) groups is 2. The van der Waals surface area contributed by atoms with Crippen molar-refractivity contribution in [3.8, 4) is 29.3 Å². The van der Waals surface area contributed by atoms with Crippen LogP contribution in [-0.2, 0) is 33.6 Å². The number of phenolic OH excluding ortho intramolecular Hbond substituents is 1. The molecular formula is C49H48N2O11. The zero-order chi connectivity index (χ0) is 42.6. The summed E-state index contributed by atoms with van der Waals surface area (Å²) < 4.78 is 31.7. The van der Waals surface area contributed by atoms with E-state index < -0.39 is 42.6 Å². The average Bonchev–Trinajstić information content (AvgIpc) is 4.03. The van der Waals surface area contributed by atoms with Gasteiger partial charge in [-0.2, -0.15) is 0 Å². The number of fused-ring (bicyclic) bond motifs is 5. The summed E-state index contributed by atoms with van der Waals surface area (Å²) in [6.45, 7) is -0.165. The van der Waals surface area contributed by atoms with Gasteiger partial charge in [0, 0.05) is 47.8 Å². The van der Waals surface area contributed by atoms with E-state index in [9.17, 15) is 30.0 Å². The van der Waals surface area contributed by atoms with Gasteiger partial charge in [-0.15, -0.1) is 0 Å². The lowest BCUT2D eigenvalue weighted by molar-refractivity contribution is -0.279. The third kappa shape index (κ3) is 6.96. The predicted octanol–water partition coefficient (Wildman–Crippen LogP) is 5.97. The van der Waals surface area contributed by atoms with E-state index in [4.69, 9.17) is 23.7 Å². The van der Waals surface area contributed by atoms with Gasteiger partial charge in [0.05, 0.1) is 36.8 Å². The number of methoxy groups -OCH3 is 1. The molecule has 8 bridgehead atoms. The van der Waals surface area contributed by atoms with E-state index in [2.05, 4.69) is 23.1 Å². The summed E-state index contributed by atoms with van der Waals surface area (Å²) in [7, 11) is 1.53. The van der Waals surface area contributed by atoms with Crippen LogP contribution in [0.1, 0.15) is 98.2 Å². The fourth-order valence-electron chi connectivity index (χ4n) is 9.96. The van der Waals surface area contributed by atoms with E-state index in [-0.39, 0.29) is 67.0 Å². The Morgan fingerprint density at radius 3 is 2.69 bits per heavy atom. The number of aryl methyl sites for hydroxylation is 1. The van der Waals surface area contributed by atoms with Crippen LogP contribution in [0.4, 0.5) is 0 Å². The molecule has 1 aromatic heterocycles. The van der Waals surface area contributed by atoms with E-state index >= 15 is 0 Å². The minimum Gasteiger partial charge on any atom is -0.506 e. The molecule has 0 spiro atoms. The van der Waals surface area contributed by atoms with Gasteiger partial charge < -0.3 is 54.0 Å². The minimum atomic E-state index is -1.59. The van der Waals surface area contributed by atoms with Crippen molar-refractivity contribution in [1.29, 1.82) is 0 Å². The number of nitrogens with zero attached hydrogens (tertiary/aromatic N) is 1. The van der Waals surface area contributed by atoms with Gasteiger partial charge in [0.1, 0.15) is 41.7 Å². The highest BCUT2D eigenvalue weighted by Crippen LogP contribution is 2.49. The number of rotatable bonds is 6. The molecule has 2 fully saturated rings. The number of Topliss-reactive ketones (excluding diaryl/α,β-unsaturated/α-hetero) is 1. The standard InChI is InChI=1S/C49H48N2O11/c1-58-39-21-29-20-32(27-8-2-3-9-27)42-37(53)24-51-23-35-28(10-4-12-30(35)48(51)57)11-6-18-59-47-43(54)40-25-60-38(34-22-50-36-15-13-26(7-5-17-52)19-33(34)36)16-14-31(39)46(41(29)44(42)55)62-49(61-40)45(47)56/h4,10,12-16,19-22,27,38,40,43,45,47,49-50,52,54-56H,2-3,5,7-9,11,17,23-25H2,1H3/b16-14+/t38-,40-,43-,45-,47+,49-/m1/s1. The number of H-pyrrole nitrogens is 1. The third-order valence-electron chi connectivity index (χ3n) is 13.2. The Balaban J connectivity index is 1.19. The highest BCUT2D eigenvalue weighted by molar-refractivity contribution is 6.11. The first-order valence-corrected chi connectivity index (χ1v) is 21.4. The summed E-state index contributed by atoms with van der Waals surface area (Å²) in [6.07, 6.45) is 5.57. The van der Waals surface area contributed by atoms with Crippen LogP contribution in [0.25, 0.3) is 27.8 Å². The molecule has 4 aromatic carbocycles. The maximum absolute atomic E-state index is 14.8. The smallest absolute Gasteiger partial charge is 0.254 e. The van der Waals surface area contributed by atoms with Crippen molar-refractivity contribution < 1.29 is 53.7 Å². The number of hydrogen-bond donors (Lipinski definition) is 5. The summed E-state index contributed by atoms with van der Waals surface area (Å²) in [5.41, 5.74) is 5.90. The van der Waals surface area contributed by atoms with E-state index in [1.165, 1.54) is 12.0 Å². The molecule has 5 N–H and O–H groups in total. The van der Waals surface area contributed by atoms with Crippen molar-refractivity contribution in [2.75, 3.05) is 26.9 Å². The van der Waals surface area contributed by atoms with E-state index in [0.717, 1.165) is 58.8 Å². The number of phenols is 1. The number of aromatic amines is 1. The molecule has 5 aliphatic rings. The fourth-order valence-corrected chi connectivity index (χ4v) is 9.96. The Hall–Kier alpha value is -5.88. The van der Waals surface area contributed by atoms with Crippen molar-refractivity contribution in [3.63, 3.8) is 0 Å². The van der Waals surface area contributed by atoms with Crippen LogP contribution in [0.15, 0.2) is 60.8 Å². The van der Waals surface area contributed by atoms with Crippen LogP contribution < -0.4 is 9.47 Å². The summed E-state index contributed by atoms with van der Waals surface area (Å²) in [6, 6.07) is 15.2. The van der Waals surface area contributed by atoms with Gasteiger partial charge in [-0.25, -0.2) is 0 Å². The number of ether oxygens (including phenoxy) is 5. The number of aliphatic hydroxyl groups is 3. The lowest BCUT2D eigenvalue weighted by atomic mass is 9.86. The number of benzene rings is 4. The number of hydrogen-bond acceptors (Lipinski definition) is 11. The zero-order valence-corrected chi connectivity index (χ0v) is 34.3. The number of aromatic nitrogens is 1. The second-order valence-corrected chi connectivity index (χ2v) is 16.9. The van der Waals surface area contributed by atoms with Gasteiger partial charge in [0.25, 0.3) is 5.91 Å². The van der Waals surface area contributed by atoms with Crippen molar-refractivity contribution in [2.45, 2.75) is 94.2 Å². The second-order valence-electron chi connectivity index (χ2n) is 16.9. The zero-order valence-electron chi connectivity index (χ0n) is 34.3. The topological polar surface area (TPSA) is 180 Å². The van der Waals surface area contributed by atoms with Crippen LogP contribution in [0.3, 0.4) is 0 Å². The predicted molar refractivity (Wildman–Crippen MR) is 228 cm³/mol. The van der Waals surface area contributed by atoms with E-state index in [1.807, 2.05) is 36.5 Å². The highest BCUT2D eigenvalue weighted by atomic mass is 16.7. The molecule has 4 aliphatic heterocycles. The first kappa shape index (κ1) is 40.2. The molecule has 13 heteroatoms. The molecule has 5 aromatic rings. The van der Waals surface area contributed by atoms with Gasteiger partial charge in [-0.3, -0.25) is 9.59 Å². The van der Waals surface area contributed by atoms with Crippen molar-refractivity contribution in [2.24, 2.45) is 0 Å². The Kier molecular flexibility index (Phi) is 10.7. The molecule has 1 saturated carbocycles. The monoisotopic (exact) mass is 840 g/mol. The number of carbonyl (C=O) groups excluding carboxylic acids is 2.